The fourth-order valence-electron chi connectivity index (χ4n) is 1.82. The number of halogens is 1. The number of hydrogen-bond acceptors (Lipinski definition) is 3. The number of hydrogen-bond donors (Lipinski definition) is 1. The Morgan fingerprint density at radius 1 is 1.32 bits per heavy atom. The molecule has 1 aromatic carbocycles. The molecule has 1 rings (SSSR count). The number of ether oxygens (including phenoxy) is 1. The highest BCUT2D eigenvalue weighted by molar-refractivity contribution is 14.1. The van der Waals surface area contributed by atoms with Crippen LogP contribution in [0.1, 0.15) is 24.9 Å². The predicted octanol–water partition coefficient (Wildman–Crippen LogP) is 3.47. The number of amides is 1. The van der Waals surface area contributed by atoms with Crippen LogP contribution in [-0.2, 0) is 0 Å². The molecule has 1 unspecified atom stereocenters. The van der Waals surface area contributed by atoms with E-state index in [1.807, 2.05) is 29.2 Å². The fourth-order valence-corrected chi connectivity index (χ4v) is 1.82. The zero-order chi connectivity index (χ0) is 14.8. The molecule has 0 heterocycles. The minimum atomic E-state index is -0.447. The van der Waals surface area contributed by atoms with Crippen LogP contribution in [0, 0.1) is 0 Å². The summed E-state index contributed by atoms with van der Waals surface area (Å²) >= 11 is 2.15. The molecule has 0 fully saturated rings. The molecule has 0 spiro atoms. The van der Waals surface area contributed by atoms with Crippen LogP contribution in [0.3, 0.4) is 0 Å². The summed E-state index contributed by atoms with van der Waals surface area (Å²) in [5.41, 5.74) is 1.22. The zero-order valence-electron chi connectivity index (χ0n) is 12.2. The Hall–Kier alpha value is -0.820. The van der Waals surface area contributed by atoms with Crippen LogP contribution in [0.4, 0.5) is 4.79 Å². The number of benzene rings is 1. The van der Waals surface area contributed by atoms with E-state index in [0.29, 0.717) is 11.8 Å². The van der Waals surface area contributed by atoms with Gasteiger partial charge in [-0.3, -0.25) is 0 Å². The summed E-state index contributed by atoms with van der Waals surface area (Å²) in [7, 11) is 5.65. The lowest BCUT2D eigenvalue weighted by molar-refractivity contribution is 0.203. The molecule has 1 atom stereocenters. The van der Waals surface area contributed by atoms with Gasteiger partial charge in [0.25, 0.3) is 0 Å². The third-order valence-electron chi connectivity index (χ3n) is 2.69. The van der Waals surface area contributed by atoms with Gasteiger partial charge in [0.2, 0.25) is 0 Å². The Bertz CT molecular complexity index is 366. The number of nitrogens with one attached hydrogen (secondary N) is 1. The molecule has 0 aliphatic heterocycles. The Morgan fingerprint density at radius 3 is 2.21 bits per heavy atom. The van der Waals surface area contributed by atoms with Crippen molar-refractivity contribution in [1.29, 1.82) is 0 Å². The first-order valence-corrected chi connectivity index (χ1v) is 8.28. The van der Waals surface area contributed by atoms with Crippen LogP contribution in [0.2, 0.25) is 0 Å². The summed E-state index contributed by atoms with van der Waals surface area (Å²) < 4.78 is 5.03. The molecule has 0 aliphatic carbocycles. The van der Waals surface area contributed by atoms with E-state index in [0.717, 1.165) is 6.42 Å². The van der Waals surface area contributed by atoms with Gasteiger partial charge in [0.05, 0.1) is 0 Å². The van der Waals surface area contributed by atoms with Gasteiger partial charge in [-0.15, -0.1) is 0 Å². The quantitative estimate of drug-likeness (QED) is 0.645. The average Bonchev–Trinajstić information content (AvgIpc) is 2.43. The third kappa shape index (κ3) is 6.24. The van der Waals surface area contributed by atoms with Gasteiger partial charge in [0.1, 0.15) is 5.75 Å². The van der Waals surface area contributed by atoms with Crippen molar-refractivity contribution < 1.29 is 9.53 Å². The van der Waals surface area contributed by atoms with Crippen molar-refractivity contribution in [3.05, 3.63) is 29.8 Å². The van der Waals surface area contributed by atoms with E-state index < -0.39 is 6.09 Å². The fraction of sp³-hybridized carbons (Fsp3) is 0.500. The minimum absolute atomic E-state index is 0.393. The molecule has 0 bridgehead atoms. The summed E-state index contributed by atoms with van der Waals surface area (Å²) in [6.07, 6.45) is 0.597. The molecular weight excluding hydrogens is 355 g/mol. The van der Waals surface area contributed by atoms with Gasteiger partial charge in [0, 0.05) is 13.1 Å². The Morgan fingerprint density at radius 2 is 1.84 bits per heavy atom. The summed E-state index contributed by atoms with van der Waals surface area (Å²) in [6.45, 7) is 2.15. The Labute approximate surface area is 129 Å². The summed E-state index contributed by atoms with van der Waals surface area (Å²) in [6, 6.07) is 8.01. The average molecular weight is 378 g/mol. The maximum Gasteiger partial charge on any atom is 0.412 e. The summed E-state index contributed by atoms with van der Waals surface area (Å²) in [5.74, 6) is 0.557. The molecule has 108 valence electrons. The zero-order valence-corrected chi connectivity index (χ0v) is 14.4. The topological polar surface area (TPSA) is 41.6 Å². The molecule has 19 heavy (non-hydrogen) atoms. The number of alkyl halides is 1. The van der Waals surface area contributed by atoms with Gasteiger partial charge >= 0.3 is 6.09 Å². The van der Waals surface area contributed by atoms with Crippen LogP contribution in [0.25, 0.3) is 0 Å². The molecule has 0 saturated heterocycles. The minimum Gasteiger partial charge on any atom is -0.410 e. The van der Waals surface area contributed by atoms with Gasteiger partial charge in [-0.25, -0.2) is 4.79 Å². The SMILES string of the molecule is CCC(c1ccc(OC(=O)NC)cc1)N(C)C.CI. The number of carbonyl (C=O) groups excluding carboxylic acids is 1. The molecule has 1 aromatic rings. The van der Waals surface area contributed by atoms with Crippen molar-refractivity contribution in [3.8, 4) is 5.75 Å². The van der Waals surface area contributed by atoms with Crippen LogP contribution < -0.4 is 10.1 Å². The van der Waals surface area contributed by atoms with Crippen molar-refractivity contribution in [1.82, 2.24) is 10.2 Å². The molecule has 0 aromatic heterocycles. The Kier molecular flexibility index (Phi) is 9.59. The van der Waals surface area contributed by atoms with Crippen molar-refractivity contribution in [2.45, 2.75) is 19.4 Å². The second-order valence-electron chi connectivity index (χ2n) is 4.10. The number of nitrogens with zero attached hydrogens (tertiary/aromatic N) is 1. The van der Waals surface area contributed by atoms with Crippen LogP contribution >= 0.6 is 22.6 Å². The van der Waals surface area contributed by atoms with Crippen LogP contribution in [-0.4, -0.2) is 37.1 Å². The molecule has 0 aliphatic rings. The van der Waals surface area contributed by atoms with E-state index in [1.165, 1.54) is 12.6 Å². The lowest BCUT2D eigenvalue weighted by Gasteiger charge is -2.23. The smallest absolute Gasteiger partial charge is 0.410 e. The maximum absolute atomic E-state index is 11.0. The number of rotatable bonds is 4. The first-order valence-electron chi connectivity index (χ1n) is 6.12. The Balaban J connectivity index is 0.00000154. The normalized spacial score (nSPS) is 11.3. The van der Waals surface area contributed by atoms with Crippen LogP contribution in [0.15, 0.2) is 24.3 Å². The van der Waals surface area contributed by atoms with Gasteiger partial charge in [-0.1, -0.05) is 41.6 Å². The second-order valence-corrected chi connectivity index (χ2v) is 4.10. The highest BCUT2D eigenvalue weighted by Gasteiger charge is 2.11. The lowest BCUT2D eigenvalue weighted by atomic mass is 10.0. The van der Waals surface area contributed by atoms with Gasteiger partial charge in [-0.2, -0.15) is 0 Å². The van der Waals surface area contributed by atoms with Gasteiger partial charge in [0.15, 0.2) is 0 Å². The van der Waals surface area contributed by atoms with Crippen LogP contribution in [0.5, 0.6) is 5.75 Å². The second kappa shape index (κ2) is 10.0. The van der Waals surface area contributed by atoms with Gasteiger partial charge < -0.3 is 15.0 Å². The summed E-state index contributed by atoms with van der Waals surface area (Å²) in [5, 5.41) is 2.41. The third-order valence-corrected chi connectivity index (χ3v) is 2.69. The van der Waals surface area contributed by atoms with Gasteiger partial charge in [-0.05, 0) is 43.1 Å². The highest BCUT2D eigenvalue weighted by atomic mass is 127. The molecule has 4 nitrogen and oxygen atoms in total. The van der Waals surface area contributed by atoms with Crippen molar-refractivity contribution in [3.63, 3.8) is 0 Å². The number of carbonyl (C=O) groups is 1. The van der Waals surface area contributed by atoms with E-state index in [-0.39, 0.29) is 0 Å². The van der Waals surface area contributed by atoms with E-state index in [4.69, 9.17) is 4.74 Å². The first kappa shape index (κ1) is 18.2. The summed E-state index contributed by atoms with van der Waals surface area (Å²) in [4.78, 5) is 15.2. The largest absolute Gasteiger partial charge is 0.412 e. The van der Waals surface area contributed by atoms with Crippen molar-refractivity contribution in [2.24, 2.45) is 0 Å². The monoisotopic (exact) mass is 378 g/mol. The molecular formula is C14H23IN2O2. The highest BCUT2D eigenvalue weighted by Crippen LogP contribution is 2.23. The van der Waals surface area contributed by atoms with E-state index >= 15 is 0 Å². The molecule has 1 N–H and O–H groups in total. The maximum atomic E-state index is 11.0. The lowest BCUT2D eigenvalue weighted by Crippen LogP contribution is -2.22. The predicted molar refractivity (Wildman–Crippen MR) is 88.2 cm³/mol. The standard InChI is InChI=1S/C13H20N2O2.CH3I/c1-5-12(15(3)4)10-6-8-11(9-7-10)17-13(16)14-2;1-2/h6-9,12H,5H2,1-4H3,(H,14,16);1H3. The molecule has 1 amide bonds. The first-order chi connectivity index (χ1) is 9.08. The van der Waals surface area contributed by atoms with E-state index in [1.54, 1.807) is 0 Å². The van der Waals surface area contributed by atoms with E-state index in [9.17, 15) is 4.79 Å². The van der Waals surface area contributed by atoms with Crippen molar-refractivity contribution in [2.75, 3.05) is 26.1 Å². The molecule has 0 radical (unpaired) electrons. The molecule has 5 heteroatoms. The van der Waals surface area contributed by atoms with E-state index in [2.05, 4.69) is 53.8 Å². The van der Waals surface area contributed by atoms with Crippen molar-refractivity contribution >= 4 is 28.7 Å². The molecule has 0 saturated carbocycles.